The second-order valence-electron chi connectivity index (χ2n) is 6.64. The lowest BCUT2D eigenvalue weighted by Crippen LogP contribution is -2.37. The first kappa shape index (κ1) is 22.4. The van der Waals surface area contributed by atoms with Crippen molar-refractivity contribution in [3.8, 4) is 22.4 Å². The van der Waals surface area contributed by atoms with E-state index in [9.17, 15) is 26.4 Å². The van der Waals surface area contributed by atoms with Crippen LogP contribution in [0.1, 0.15) is 12.7 Å². The van der Waals surface area contributed by atoms with Crippen molar-refractivity contribution in [2.24, 2.45) is 5.84 Å². The Bertz CT molecular complexity index is 1230. The number of anilines is 1. The number of hydrogen-bond donors (Lipinski definition) is 1. The Morgan fingerprint density at radius 2 is 1.55 bits per heavy atom. The minimum atomic E-state index is -4.91. The summed E-state index contributed by atoms with van der Waals surface area (Å²) in [5, 5.41) is 0.521. The summed E-state index contributed by atoms with van der Waals surface area (Å²) in [4.78, 5) is 19.1. The van der Waals surface area contributed by atoms with Gasteiger partial charge in [-0.05, 0) is 17.7 Å². The predicted octanol–water partition coefficient (Wildman–Crippen LogP) is 3.46. The summed E-state index contributed by atoms with van der Waals surface area (Å²) < 4.78 is 64.1. The Labute approximate surface area is 176 Å². The summed E-state index contributed by atoms with van der Waals surface area (Å²) >= 11 is 0. The molecular weight excluding hydrogens is 433 g/mol. The highest BCUT2D eigenvalue weighted by molar-refractivity contribution is 7.90. The van der Waals surface area contributed by atoms with Crippen LogP contribution in [0.5, 0.6) is 0 Å². The molecule has 11 heteroatoms. The normalized spacial score (nSPS) is 11.9. The van der Waals surface area contributed by atoms with Crippen LogP contribution >= 0.6 is 0 Å². The van der Waals surface area contributed by atoms with Gasteiger partial charge >= 0.3 is 6.18 Å². The maximum Gasteiger partial charge on any atom is 0.451 e. The van der Waals surface area contributed by atoms with Crippen molar-refractivity contribution >= 4 is 21.6 Å². The molecule has 0 fully saturated rings. The van der Waals surface area contributed by atoms with Gasteiger partial charge in [-0.3, -0.25) is 4.79 Å². The van der Waals surface area contributed by atoms with Crippen LogP contribution in [0.4, 0.5) is 19.0 Å². The van der Waals surface area contributed by atoms with Crippen LogP contribution in [-0.2, 0) is 20.8 Å². The molecule has 2 aromatic carbocycles. The maximum atomic E-state index is 13.5. The van der Waals surface area contributed by atoms with Crippen LogP contribution in [0.15, 0.2) is 59.5 Å². The molecule has 0 saturated heterocycles. The van der Waals surface area contributed by atoms with E-state index < -0.39 is 33.6 Å². The zero-order valence-corrected chi connectivity index (χ0v) is 17.2. The van der Waals surface area contributed by atoms with E-state index in [4.69, 9.17) is 5.84 Å². The number of sulfone groups is 1. The molecule has 3 rings (SSSR count). The van der Waals surface area contributed by atoms with Crippen molar-refractivity contribution in [3.05, 3.63) is 60.4 Å². The van der Waals surface area contributed by atoms with Gasteiger partial charge in [-0.2, -0.15) is 13.2 Å². The number of benzene rings is 2. The Morgan fingerprint density at radius 3 is 2.03 bits per heavy atom. The average molecular weight is 450 g/mol. The number of amides is 1. The van der Waals surface area contributed by atoms with E-state index in [2.05, 4.69) is 9.97 Å². The molecule has 0 aliphatic heterocycles. The van der Waals surface area contributed by atoms with Gasteiger partial charge in [0.25, 0.3) is 0 Å². The van der Waals surface area contributed by atoms with Gasteiger partial charge in [-0.1, -0.05) is 42.5 Å². The molecule has 2 N–H and O–H groups in total. The standard InChI is InChI=1S/C20H17F3N4O3S/c1-12(28)27(24)18-16(13-6-4-3-5-7-13)17(25-19(26-18)20(21,22)23)14-8-10-15(11-9-14)31(2,29)30/h3-11H,24H2,1-2H3. The minimum absolute atomic E-state index is 0.00739. The molecule has 0 unspecified atom stereocenters. The number of nitrogens with two attached hydrogens (primary N) is 1. The Balaban J connectivity index is 2.39. The third-order valence-electron chi connectivity index (χ3n) is 4.33. The largest absolute Gasteiger partial charge is 0.451 e. The maximum absolute atomic E-state index is 13.5. The van der Waals surface area contributed by atoms with Gasteiger partial charge in [-0.15, -0.1) is 0 Å². The molecule has 0 atom stereocenters. The van der Waals surface area contributed by atoms with Gasteiger partial charge < -0.3 is 0 Å². The van der Waals surface area contributed by atoms with Gasteiger partial charge in [0, 0.05) is 18.7 Å². The molecule has 162 valence electrons. The van der Waals surface area contributed by atoms with E-state index in [1.807, 2.05) is 0 Å². The first-order valence-electron chi connectivity index (χ1n) is 8.80. The number of halogens is 3. The number of carbonyl (C=O) groups is 1. The Hall–Kier alpha value is -3.31. The quantitative estimate of drug-likeness (QED) is 0.371. The van der Waals surface area contributed by atoms with E-state index in [1.54, 1.807) is 30.3 Å². The molecule has 7 nitrogen and oxygen atoms in total. The highest BCUT2D eigenvalue weighted by Gasteiger charge is 2.37. The molecule has 0 bridgehead atoms. The zero-order valence-electron chi connectivity index (χ0n) is 16.4. The fourth-order valence-corrected chi connectivity index (χ4v) is 3.47. The van der Waals surface area contributed by atoms with Crippen molar-refractivity contribution < 1.29 is 26.4 Å². The van der Waals surface area contributed by atoms with Crippen LogP contribution in [0.25, 0.3) is 22.4 Å². The fraction of sp³-hybridized carbons (Fsp3) is 0.150. The smallest absolute Gasteiger partial charge is 0.273 e. The number of rotatable bonds is 4. The second kappa shape index (κ2) is 8.08. The zero-order chi connectivity index (χ0) is 23.0. The van der Waals surface area contributed by atoms with Crippen LogP contribution in [0, 0.1) is 0 Å². The summed E-state index contributed by atoms with van der Waals surface area (Å²) in [7, 11) is -3.51. The lowest BCUT2D eigenvalue weighted by molar-refractivity contribution is -0.144. The molecule has 1 heterocycles. The van der Waals surface area contributed by atoms with Crippen LogP contribution < -0.4 is 10.9 Å². The van der Waals surface area contributed by atoms with Gasteiger partial charge in [0.05, 0.1) is 16.2 Å². The van der Waals surface area contributed by atoms with Crippen LogP contribution in [-0.4, -0.2) is 30.5 Å². The van der Waals surface area contributed by atoms with E-state index in [0.29, 0.717) is 10.6 Å². The first-order valence-corrected chi connectivity index (χ1v) is 10.7. The number of hydrazine groups is 1. The molecule has 0 spiro atoms. The topological polar surface area (TPSA) is 106 Å². The van der Waals surface area contributed by atoms with E-state index in [0.717, 1.165) is 13.2 Å². The van der Waals surface area contributed by atoms with Crippen molar-refractivity contribution in [3.63, 3.8) is 0 Å². The van der Waals surface area contributed by atoms with Crippen molar-refractivity contribution in [2.45, 2.75) is 18.0 Å². The molecule has 1 amide bonds. The van der Waals surface area contributed by atoms with Crippen LogP contribution in [0.2, 0.25) is 0 Å². The van der Waals surface area contributed by atoms with Gasteiger partial charge in [0.2, 0.25) is 11.7 Å². The average Bonchev–Trinajstić information content (AvgIpc) is 2.71. The lowest BCUT2D eigenvalue weighted by Gasteiger charge is -2.21. The molecular formula is C20H17F3N4O3S. The fourth-order valence-electron chi connectivity index (χ4n) is 2.84. The molecule has 3 aromatic rings. The van der Waals surface area contributed by atoms with E-state index in [1.165, 1.54) is 24.3 Å². The van der Waals surface area contributed by atoms with E-state index >= 15 is 0 Å². The van der Waals surface area contributed by atoms with E-state index in [-0.39, 0.29) is 21.7 Å². The number of alkyl halides is 3. The molecule has 0 radical (unpaired) electrons. The Morgan fingerprint density at radius 1 is 0.968 bits per heavy atom. The number of carbonyl (C=O) groups excluding carboxylic acids is 1. The summed E-state index contributed by atoms with van der Waals surface area (Å²) in [6.45, 7) is 1.09. The highest BCUT2D eigenvalue weighted by Crippen LogP contribution is 2.39. The third kappa shape index (κ3) is 4.72. The predicted molar refractivity (Wildman–Crippen MR) is 108 cm³/mol. The Kier molecular flexibility index (Phi) is 5.83. The van der Waals surface area contributed by atoms with Crippen molar-refractivity contribution in [1.29, 1.82) is 0 Å². The second-order valence-corrected chi connectivity index (χ2v) is 8.66. The molecule has 31 heavy (non-hydrogen) atoms. The highest BCUT2D eigenvalue weighted by atomic mass is 32.2. The van der Waals surface area contributed by atoms with Crippen LogP contribution in [0.3, 0.4) is 0 Å². The summed E-state index contributed by atoms with van der Waals surface area (Å²) in [5.41, 5.74) is 0.557. The van der Waals surface area contributed by atoms with Crippen molar-refractivity contribution in [1.82, 2.24) is 9.97 Å². The summed E-state index contributed by atoms with van der Waals surface area (Å²) in [6.07, 6.45) is -3.90. The SMILES string of the molecule is CC(=O)N(N)c1nc(C(F)(F)F)nc(-c2ccc(S(C)(=O)=O)cc2)c1-c1ccccc1. The van der Waals surface area contributed by atoms with Gasteiger partial charge in [0.15, 0.2) is 15.7 Å². The summed E-state index contributed by atoms with van der Waals surface area (Å²) in [5.74, 6) is 3.12. The number of aromatic nitrogens is 2. The lowest BCUT2D eigenvalue weighted by atomic mass is 9.99. The first-order chi connectivity index (χ1) is 14.4. The molecule has 0 aliphatic rings. The van der Waals surface area contributed by atoms with Crippen molar-refractivity contribution in [2.75, 3.05) is 11.3 Å². The minimum Gasteiger partial charge on any atom is -0.273 e. The van der Waals surface area contributed by atoms with Gasteiger partial charge in [0.1, 0.15) is 0 Å². The third-order valence-corrected chi connectivity index (χ3v) is 5.46. The number of hydrogen-bond acceptors (Lipinski definition) is 6. The van der Waals surface area contributed by atoms with Gasteiger partial charge in [-0.25, -0.2) is 29.2 Å². The molecule has 1 aromatic heterocycles. The molecule has 0 aliphatic carbocycles. The monoisotopic (exact) mass is 450 g/mol. The number of nitrogens with zero attached hydrogens (tertiary/aromatic N) is 3. The molecule has 0 saturated carbocycles. The summed E-state index contributed by atoms with van der Waals surface area (Å²) in [6, 6.07) is 13.4.